The second-order valence-corrected chi connectivity index (χ2v) is 6.53. The molecule has 19 heavy (non-hydrogen) atoms. The van der Waals surface area contributed by atoms with E-state index in [1.54, 1.807) is 0 Å². The molecule has 1 aromatic rings. The van der Waals surface area contributed by atoms with E-state index < -0.39 is 0 Å². The van der Waals surface area contributed by atoms with Crippen LogP contribution < -0.4 is 5.32 Å². The second kappa shape index (κ2) is 5.87. The van der Waals surface area contributed by atoms with Crippen LogP contribution in [0.1, 0.15) is 43.1 Å². The molecule has 0 aliphatic carbocycles. The van der Waals surface area contributed by atoms with Crippen LogP contribution in [0.5, 0.6) is 0 Å². The molecule has 5 heteroatoms. The maximum absolute atomic E-state index is 4.89. The van der Waals surface area contributed by atoms with Crippen LogP contribution >= 0.6 is 11.3 Å². The Labute approximate surface area is 119 Å². The van der Waals surface area contributed by atoms with Gasteiger partial charge in [0.25, 0.3) is 0 Å². The molecular weight excluding hydrogens is 256 g/mol. The van der Waals surface area contributed by atoms with E-state index in [1.807, 2.05) is 11.3 Å². The first-order valence-corrected chi connectivity index (χ1v) is 8.31. The van der Waals surface area contributed by atoms with Crippen molar-refractivity contribution in [2.24, 2.45) is 0 Å². The Morgan fingerprint density at radius 3 is 2.84 bits per heavy atom. The molecule has 2 unspecified atom stereocenters. The molecule has 3 aliphatic heterocycles. The van der Waals surface area contributed by atoms with Gasteiger partial charge in [0, 0.05) is 44.1 Å². The molecule has 106 valence electrons. The van der Waals surface area contributed by atoms with Crippen LogP contribution in [-0.4, -0.2) is 54.1 Å². The first-order chi connectivity index (χ1) is 9.28. The van der Waals surface area contributed by atoms with Crippen molar-refractivity contribution >= 4 is 11.3 Å². The highest BCUT2D eigenvalue weighted by atomic mass is 32.1. The zero-order valence-electron chi connectivity index (χ0n) is 11.9. The van der Waals surface area contributed by atoms with E-state index in [9.17, 15) is 0 Å². The first kappa shape index (κ1) is 13.5. The normalized spacial score (nSPS) is 31.6. The lowest BCUT2D eigenvalue weighted by Crippen LogP contribution is -2.56. The molecule has 4 heterocycles. The molecule has 3 aliphatic rings. The van der Waals surface area contributed by atoms with E-state index in [0.29, 0.717) is 12.1 Å². The highest BCUT2D eigenvalue weighted by Gasteiger charge is 2.34. The topological polar surface area (TPSA) is 31.4 Å². The van der Waals surface area contributed by atoms with Crippen LogP contribution in [0.3, 0.4) is 0 Å². The van der Waals surface area contributed by atoms with Crippen molar-refractivity contribution in [3.05, 3.63) is 16.1 Å². The van der Waals surface area contributed by atoms with Crippen LogP contribution in [-0.2, 0) is 0 Å². The zero-order valence-corrected chi connectivity index (χ0v) is 12.7. The van der Waals surface area contributed by atoms with E-state index in [1.165, 1.54) is 49.8 Å². The lowest BCUT2D eigenvalue weighted by atomic mass is 10.1. The van der Waals surface area contributed by atoms with Crippen molar-refractivity contribution in [3.8, 4) is 0 Å². The summed E-state index contributed by atoms with van der Waals surface area (Å²) in [7, 11) is 0. The quantitative estimate of drug-likeness (QED) is 0.892. The summed E-state index contributed by atoms with van der Waals surface area (Å²) in [5.74, 6) is 0. The molecular formula is C14H24N4S. The van der Waals surface area contributed by atoms with Crippen LogP contribution in [0.25, 0.3) is 0 Å². The predicted octanol–water partition coefficient (Wildman–Crippen LogP) is 1.88. The Hall–Kier alpha value is -0.490. The fourth-order valence-electron chi connectivity index (χ4n) is 2.97. The van der Waals surface area contributed by atoms with Crippen molar-refractivity contribution in [2.45, 2.75) is 32.4 Å². The molecule has 3 fully saturated rings. The van der Waals surface area contributed by atoms with E-state index in [2.05, 4.69) is 34.3 Å². The average Bonchev–Trinajstić information content (AvgIpc) is 2.95. The van der Waals surface area contributed by atoms with Crippen LogP contribution in [0.4, 0.5) is 0 Å². The van der Waals surface area contributed by atoms with Gasteiger partial charge in [0.1, 0.15) is 5.01 Å². The number of fused-ring (bicyclic) bond motifs is 3. The fraction of sp³-hybridized carbons (Fsp3) is 0.786. The molecule has 1 aromatic heterocycles. The molecule has 0 aromatic carbocycles. The minimum absolute atomic E-state index is 0.376. The Bertz CT molecular complexity index is 411. The van der Waals surface area contributed by atoms with Gasteiger partial charge in [-0.15, -0.1) is 11.3 Å². The Morgan fingerprint density at radius 2 is 2.21 bits per heavy atom. The van der Waals surface area contributed by atoms with Crippen LogP contribution in [0.2, 0.25) is 0 Å². The second-order valence-electron chi connectivity index (χ2n) is 5.64. The molecule has 0 spiro atoms. The third-order valence-corrected chi connectivity index (χ3v) is 5.21. The van der Waals surface area contributed by atoms with E-state index >= 15 is 0 Å². The predicted molar refractivity (Wildman–Crippen MR) is 79.6 cm³/mol. The van der Waals surface area contributed by atoms with E-state index in [0.717, 1.165) is 6.54 Å². The Balaban J connectivity index is 1.67. The monoisotopic (exact) mass is 280 g/mol. The molecule has 0 radical (unpaired) electrons. The van der Waals surface area contributed by atoms with Gasteiger partial charge in [0.15, 0.2) is 0 Å². The number of nitrogens with one attached hydrogen (secondary N) is 1. The van der Waals surface area contributed by atoms with Crippen molar-refractivity contribution in [1.29, 1.82) is 0 Å². The van der Waals surface area contributed by atoms with Crippen molar-refractivity contribution in [1.82, 2.24) is 20.1 Å². The Morgan fingerprint density at radius 1 is 1.42 bits per heavy atom. The first-order valence-electron chi connectivity index (χ1n) is 7.43. The largest absolute Gasteiger partial charge is 0.309 e. The van der Waals surface area contributed by atoms with E-state index in [-0.39, 0.29) is 0 Å². The Kier molecular flexibility index (Phi) is 4.17. The van der Waals surface area contributed by atoms with Crippen molar-refractivity contribution in [3.63, 3.8) is 0 Å². The average molecular weight is 280 g/mol. The third-order valence-electron chi connectivity index (χ3n) is 4.25. The SMILES string of the molecule is CCCNC(C)c1csc(C2CN3CCN2CC3)n1. The summed E-state index contributed by atoms with van der Waals surface area (Å²) in [5.41, 5.74) is 1.21. The summed E-state index contributed by atoms with van der Waals surface area (Å²) in [6, 6.07) is 0.917. The molecule has 3 saturated heterocycles. The van der Waals surface area contributed by atoms with Gasteiger partial charge in [0.2, 0.25) is 0 Å². The number of nitrogens with zero attached hydrogens (tertiary/aromatic N) is 3. The van der Waals surface area contributed by atoms with E-state index in [4.69, 9.17) is 4.98 Å². The van der Waals surface area contributed by atoms with Gasteiger partial charge in [-0.3, -0.25) is 9.80 Å². The summed E-state index contributed by atoms with van der Waals surface area (Å²) in [5, 5.41) is 7.07. The summed E-state index contributed by atoms with van der Waals surface area (Å²) in [6.07, 6.45) is 1.17. The minimum atomic E-state index is 0.376. The highest BCUT2D eigenvalue weighted by molar-refractivity contribution is 7.09. The fourth-order valence-corrected chi connectivity index (χ4v) is 4.01. The zero-order chi connectivity index (χ0) is 13.2. The molecule has 0 saturated carbocycles. The summed E-state index contributed by atoms with van der Waals surface area (Å²) in [6.45, 7) is 11.6. The van der Waals surface area contributed by atoms with Gasteiger partial charge in [0.05, 0.1) is 11.7 Å². The van der Waals surface area contributed by atoms with Gasteiger partial charge in [-0.25, -0.2) is 4.98 Å². The molecule has 1 N–H and O–H groups in total. The highest BCUT2D eigenvalue weighted by Crippen LogP contribution is 2.31. The third kappa shape index (κ3) is 2.84. The smallest absolute Gasteiger partial charge is 0.111 e. The van der Waals surface area contributed by atoms with Gasteiger partial charge in [-0.1, -0.05) is 6.92 Å². The summed E-state index contributed by atoms with van der Waals surface area (Å²) >= 11 is 1.84. The molecule has 0 amide bonds. The standard InChI is InChI=1S/C14H24N4S/c1-3-4-15-11(2)12-10-19-14(16-12)13-9-17-5-7-18(13)8-6-17/h10-11,13,15H,3-9H2,1-2H3. The molecule has 4 nitrogen and oxygen atoms in total. The molecule has 2 bridgehead atoms. The number of aromatic nitrogens is 1. The number of hydrogen-bond donors (Lipinski definition) is 1. The maximum atomic E-state index is 4.89. The van der Waals surface area contributed by atoms with Crippen molar-refractivity contribution < 1.29 is 0 Å². The minimum Gasteiger partial charge on any atom is -0.309 e. The summed E-state index contributed by atoms with van der Waals surface area (Å²) < 4.78 is 0. The maximum Gasteiger partial charge on any atom is 0.111 e. The lowest BCUT2D eigenvalue weighted by Gasteiger charge is -2.46. The van der Waals surface area contributed by atoms with Crippen LogP contribution in [0.15, 0.2) is 5.38 Å². The number of hydrogen-bond acceptors (Lipinski definition) is 5. The lowest BCUT2D eigenvalue weighted by molar-refractivity contribution is 0.0122. The molecule has 2 atom stereocenters. The van der Waals surface area contributed by atoms with Crippen molar-refractivity contribution in [2.75, 3.05) is 39.3 Å². The van der Waals surface area contributed by atoms with Gasteiger partial charge < -0.3 is 5.32 Å². The number of thiazole rings is 1. The molecule has 4 rings (SSSR count). The summed E-state index contributed by atoms with van der Waals surface area (Å²) in [4.78, 5) is 10.1. The van der Waals surface area contributed by atoms with Gasteiger partial charge in [-0.2, -0.15) is 0 Å². The van der Waals surface area contributed by atoms with Crippen LogP contribution in [0, 0.1) is 0 Å². The number of rotatable bonds is 5. The van der Waals surface area contributed by atoms with Gasteiger partial charge in [-0.05, 0) is 19.9 Å². The number of piperazine rings is 3. The van der Waals surface area contributed by atoms with Gasteiger partial charge >= 0.3 is 0 Å².